The summed E-state index contributed by atoms with van der Waals surface area (Å²) in [4.78, 5) is 0. The number of ether oxygens (including phenoxy) is 2. The lowest BCUT2D eigenvalue weighted by Crippen LogP contribution is -2.33. The van der Waals surface area contributed by atoms with Gasteiger partial charge in [0.15, 0.2) is 0 Å². The quantitative estimate of drug-likeness (QED) is 0.786. The molecule has 0 aliphatic carbocycles. The molecule has 0 amide bonds. The first-order valence-electron chi connectivity index (χ1n) is 5.43. The molecule has 1 aromatic carbocycles. The van der Waals surface area contributed by atoms with Gasteiger partial charge in [-0.2, -0.15) is 0 Å². The zero-order valence-corrected chi connectivity index (χ0v) is 11.6. The fraction of sp³-hybridized carbons (Fsp3) is 0.500. The number of benzene rings is 1. The molecule has 1 aromatic rings. The molecule has 0 bridgehead atoms. The lowest BCUT2D eigenvalue weighted by Gasteiger charge is -2.13. The van der Waals surface area contributed by atoms with Crippen LogP contribution in [-0.2, 0) is 4.74 Å². The number of hydrogen-bond donors (Lipinski definition) is 1. The van der Waals surface area contributed by atoms with Crippen molar-refractivity contribution in [2.24, 2.45) is 0 Å². The van der Waals surface area contributed by atoms with E-state index in [0.29, 0.717) is 30.0 Å². The van der Waals surface area contributed by atoms with E-state index in [0.717, 1.165) is 0 Å². The molecule has 0 fully saturated rings. The van der Waals surface area contributed by atoms with Crippen molar-refractivity contribution in [3.05, 3.63) is 28.5 Å². The average molecular weight is 306 g/mol. The molecule has 1 unspecified atom stereocenters. The van der Waals surface area contributed by atoms with E-state index in [9.17, 15) is 4.39 Å². The van der Waals surface area contributed by atoms with Crippen molar-refractivity contribution in [3.8, 4) is 5.75 Å². The van der Waals surface area contributed by atoms with Gasteiger partial charge >= 0.3 is 0 Å². The van der Waals surface area contributed by atoms with E-state index in [2.05, 4.69) is 21.2 Å². The van der Waals surface area contributed by atoms with Crippen molar-refractivity contribution < 1.29 is 13.9 Å². The zero-order valence-electron chi connectivity index (χ0n) is 10.0. The first-order valence-corrected chi connectivity index (χ1v) is 6.23. The van der Waals surface area contributed by atoms with Crippen LogP contribution in [0.2, 0.25) is 0 Å². The molecule has 1 atom stereocenters. The molecule has 0 heterocycles. The summed E-state index contributed by atoms with van der Waals surface area (Å²) in [6.45, 7) is 3.88. The smallest absolute Gasteiger partial charge is 0.141 e. The third kappa shape index (κ3) is 5.48. The number of rotatable bonds is 7. The molecule has 0 aliphatic rings. The average Bonchev–Trinajstić information content (AvgIpc) is 2.29. The van der Waals surface area contributed by atoms with Crippen LogP contribution in [0.1, 0.15) is 6.92 Å². The van der Waals surface area contributed by atoms with Crippen molar-refractivity contribution in [1.29, 1.82) is 0 Å². The Morgan fingerprint density at radius 3 is 2.88 bits per heavy atom. The Hall–Kier alpha value is -0.650. The number of halogens is 2. The second-order valence-corrected chi connectivity index (χ2v) is 4.59. The number of methoxy groups -OCH3 is 1. The molecule has 0 radical (unpaired) electrons. The van der Waals surface area contributed by atoms with Crippen LogP contribution in [0.3, 0.4) is 0 Å². The summed E-state index contributed by atoms with van der Waals surface area (Å²) in [5.41, 5.74) is 0. The summed E-state index contributed by atoms with van der Waals surface area (Å²) in [5.74, 6) is 0.218. The standard InChI is InChI=1S/C12H17BrFNO2/c1-9(8-16-2)15-5-6-17-10-3-4-11(13)12(14)7-10/h3-4,7,9,15H,5-6,8H2,1-2H3. The third-order valence-electron chi connectivity index (χ3n) is 2.17. The highest BCUT2D eigenvalue weighted by molar-refractivity contribution is 9.10. The maximum Gasteiger partial charge on any atom is 0.141 e. The van der Waals surface area contributed by atoms with Gasteiger partial charge in [-0.05, 0) is 35.0 Å². The van der Waals surface area contributed by atoms with Gasteiger partial charge in [0.05, 0.1) is 11.1 Å². The van der Waals surface area contributed by atoms with Crippen LogP contribution in [0.25, 0.3) is 0 Å². The van der Waals surface area contributed by atoms with Crippen LogP contribution in [0.5, 0.6) is 5.75 Å². The van der Waals surface area contributed by atoms with Crippen LogP contribution < -0.4 is 10.1 Å². The van der Waals surface area contributed by atoms with Crippen LogP contribution >= 0.6 is 15.9 Å². The molecule has 17 heavy (non-hydrogen) atoms. The minimum Gasteiger partial charge on any atom is -0.492 e. The lowest BCUT2D eigenvalue weighted by molar-refractivity contribution is 0.169. The zero-order chi connectivity index (χ0) is 12.7. The predicted molar refractivity (Wildman–Crippen MR) is 68.9 cm³/mol. The van der Waals surface area contributed by atoms with Gasteiger partial charge in [-0.3, -0.25) is 0 Å². The first-order chi connectivity index (χ1) is 8.13. The Labute approximate surface area is 109 Å². The summed E-state index contributed by atoms with van der Waals surface area (Å²) >= 11 is 3.09. The molecule has 3 nitrogen and oxygen atoms in total. The van der Waals surface area contributed by atoms with Gasteiger partial charge in [0.2, 0.25) is 0 Å². The SMILES string of the molecule is COCC(C)NCCOc1ccc(Br)c(F)c1. The molecule has 0 spiro atoms. The fourth-order valence-corrected chi connectivity index (χ4v) is 1.60. The molecular weight excluding hydrogens is 289 g/mol. The van der Waals surface area contributed by atoms with Crippen LogP contribution in [0.4, 0.5) is 4.39 Å². The van der Waals surface area contributed by atoms with Gasteiger partial charge < -0.3 is 14.8 Å². The number of hydrogen-bond acceptors (Lipinski definition) is 3. The molecule has 1 rings (SSSR count). The molecule has 0 saturated heterocycles. The second kappa shape index (κ2) is 7.63. The first kappa shape index (κ1) is 14.4. The van der Waals surface area contributed by atoms with E-state index in [1.54, 1.807) is 19.2 Å². The molecule has 96 valence electrons. The monoisotopic (exact) mass is 305 g/mol. The Kier molecular flexibility index (Phi) is 6.47. The van der Waals surface area contributed by atoms with Crippen molar-refractivity contribution in [3.63, 3.8) is 0 Å². The van der Waals surface area contributed by atoms with Gasteiger partial charge in [0, 0.05) is 25.8 Å². The maximum absolute atomic E-state index is 13.2. The van der Waals surface area contributed by atoms with Gasteiger partial charge in [-0.1, -0.05) is 0 Å². The van der Waals surface area contributed by atoms with E-state index in [4.69, 9.17) is 9.47 Å². The summed E-state index contributed by atoms with van der Waals surface area (Å²) in [7, 11) is 1.67. The van der Waals surface area contributed by atoms with Crippen LogP contribution in [0, 0.1) is 5.82 Å². The van der Waals surface area contributed by atoms with Crippen molar-refractivity contribution in [2.75, 3.05) is 26.9 Å². The highest BCUT2D eigenvalue weighted by Gasteiger charge is 2.02. The van der Waals surface area contributed by atoms with Gasteiger partial charge in [0.25, 0.3) is 0 Å². The van der Waals surface area contributed by atoms with E-state index < -0.39 is 0 Å². The van der Waals surface area contributed by atoms with E-state index in [-0.39, 0.29) is 11.9 Å². The van der Waals surface area contributed by atoms with Crippen molar-refractivity contribution in [2.45, 2.75) is 13.0 Å². The topological polar surface area (TPSA) is 30.5 Å². The van der Waals surface area contributed by atoms with Gasteiger partial charge in [-0.15, -0.1) is 0 Å². The van der Waals surface area contributed by atoms with Crippen molar-refractivity contribution >= 4 is 15.9 Å². The minimum atomic E-state index is -0.316. The fourth-order valence-electron chi connectivity index (χ4n) is 1.35. The van der Waals surface area contributed by atoms with E-state index in [1.807, 2.05) is 6.92 Å². The number of nitrogens with one attached hydrogen (secondary N) is 1. The maximum atomic E-state index is 13.2. The largest absolute Gasteiger partial charge is 0.492 e. The second-order valence-electron chi connectivity index (χ2n) is 3.73. The Balaban J connectivity index is 2.24. The predicted octanol–water partition coefficient (Wildman–Crippen LogP) is 2.59. The Morgan fingerprint density at radius 2 is 2.24 bits per heavy atom. The van der Waals surface area contributed by atoms with Gasteiger partial charge in [0.1, 0.15) is 18.2 Å². The summed E-state index contributed by atoms with van der Waals surface area (Å²) < 4.78 is 24.0. The lowest BCUT2D eigenvalue weighted by atomic mass is 10.3. The highest BCUT2D eigenvalue weighted by Crippen LogP contribution is 2.20. The molecule has 5 heteroatoms. The summed E-state index contributed by atoms with van der Waals surface area (Å²) in [6, 6.07) is 5.00. The Morgan fingerprint density at radius 1 is 1.47 bits per heavy atom. The van der Waals surface area contributed by atoms with E-state index >= 15 is 0 Å². The molecule has 0 saturated carbocycles. The van der Waals surface area contributed by atoms with E-state index in [1.165, 1.54) is 6.07 Å². The van der Waals surface area contributed by atoms with Crippen molar-refractivity contribution in [1.82, 2.24) is 5.32 Å². The van der Waals surface area contributed by atoms with Crippen LogP contribution in [-0.4, -0.2) is 32.9 Å². The Bertz CT molecular complexity index is 349. The molecule has 0 aromatic heterocycles. The normalized spacial score (nSPS) is 12.5. The summed E-state index contributed by atoms with van der Waals surface area (Å²) in [6.07, 6.45) is 0. The molecular formula is C12H17BrFNO2. The molecule has 1 N–H and O–H groups in total. The summed E-state index contributed by atoms with van der Waals surface area (Å²) in [5, 5.41) is 3.23. The third-order valence-corrected chi connectivity index (χ3v) is 2.81. The highest BCUT2D eigenvalue weighted by atomic mass is 79.9. The van der Waals surface area contributed by atoms with Crippen LogP contribution in [0.15, 0.2) is 22.7 Å². The molecule has 0 aliphatic heterocycles. The minimum absolute atomic E-state index is 0.283. The van der Waals surface area contributed by atoms with Gasteiger partial charge in [-0.25, -0.2) is 4.39 Å².